The van der Waals surface area contributed by atoms with E-state index < -0.39 is 0 Å². The van der Waals surface area contributed by atoms with E-state index in [0.29, 0.717) is 13.0 Å². The SMILES string of the molecule is CCc1noc(CC)c1CNC(=O)[C@H]1C[C@H](OC)CN1. The highest BCUT2D eigenvalue weighted by Crippen LogP contribution is 2.16. The van der Waals surface area contributed by atoms with Crippen LogP contribution in [0.5, 0.6) is 0 Å². The van der Waals surface area contributed by atoms with E-state index in [1.807, 2.05) is 13.8 Å². The van der Waals surface area contributed by atoms with Crippen LogP contribution in [0.25, 0.3) is 0 Å². The summed E-state index contributed by atoms with van der Waals surface area (Å²) in [6, 6.07) is -0.171. The molecule has 20 heavy (non-hydrogen) atoms. The predicted octanol–water partition coefficient (Wildman–Crippen LogP) is 0.792. The molecular formula is C14H23N3O3. The first-order valence-electron chi connectivity index (χ1n) is 7.19. The normalized spacial score (nSPS) is 22.1. The Labute approximate surface area is 119 Å². The van der Waals surface area contributed by atoms with Crippen LogP contribution in [0.15, 0.2) is 4.52 Å². The topological polar surface area (TPSA) is 76.4 Å². The number of ether oxygens (including phenoxy) is 1. The molecule has 1 aliphatic rings. The van der Waals surface area contributed by atoms with Gasteiger partial charge in [-0.05, 0) is 12.8 Å². The number of aryl methyl sites for hydroxylation is 2. The Hall–Kier alpha value is -1.40. The maximum Gasteiger partial charge on any atom is 0.237 e. The molecule has 0 spiro atoms. The van der Waals surface area contributed by atoms with E-state index in [0.717, 1.165) is 36.4 Å². The average Bonchev–Trinajstić information content (AvgIpc) is 3.10. The maximum atomic E-state index is 12.1. The van der Waals surface area contributed by atoms with Crippen molar-refractivity contribution in [1.82, 2.24) is 15.8 Å². The molecule has 1 aliphatic heterocycles. The highest BCUT2D eigenvalue weighted by molar-refractivity contribution is 5.82. The van der Waals surface area contributed by atoms with E-state index in [-0.39, 0.29) is 18.1 Å². The van der Waals surface area contributed by atoms with Crippen molar-refractivity contribution in [2.24, 2.45) is 0 Å². The molecule has 1 aromatic heterocycles. The minimum absolute atomic E-state index is 0.00913. The van der Waals surface area contributed by atoms with Gasteiger partial charge in [-0.2, -0.15) is 0 Å². The lowest BCUT2D eigenvalue weighted by Gasteiger charge is -2.11. The van der Waals surface area contributed by atoms with Crippen molar-refractivity contribution in [3.8, 4) is 0 Å². The largest absolute Gasteiger partial charge is 0.380 e. The van der Waals surface area contributed by atoms with E-state index in [4.69, 9.17) is 9.26 Å². The molecule has 1 aromatic rings. The lowest BCUT2D eigenvalue weighted by atomic mass is 10.1. The minimum atomic E-state index is -0.171. The van der Waals surface area contributed by atoms with Crippen molar-refractivity contribution in [2.45, 2.75) is 51.8 Å². The van der Waals surface area contributed by atoms with Gasteiger partial charge in [-0.1, -0.05) is 19.0 Å². The van der Waals surface area contributed by atoms with Crippen LogP contribution in [0.2, 0.25) is 0 Å². The average molecular weight is 281 g/mol. The van der Waals surface area contributed by atoms with Gasteiger partial charge >= 0.3 is 0 Å². The maximum absolute atomic E-state index is 12.1. The molecule has 1 saturated heterocycles. The first kappa shape index (κ1) is 15.0. The molecule has 6 heteroatoms. The van der Waals surface area contributed by atoms with Crippen molar-refractivity contribution in [1.29, 1.82) is 0 Å². The van der Waals surface area contributed by atoms with Gasteiger partial charge in [0.2, 0.25) is 5.91 Å². The van der Waals surface area contributed by atoms with Gasteiger partial charge in [0, 0.05) is 32.2 Å². The first-order valence-corrected chi connectivity index (χ1v) is 7.19. The van der Waals surface area contributed by atoms with E-state index >= 15 is 0 Å². The third-order valence-corrected chi connectivity index (χ3v) is 3.79. The summed E-state index contributed by atoms with van der Waals surface area (Å²) in [7, 11) is 1.67. The Morgan fingerprint density at radius 1 is 1.50 bits per heavy atom. The molecule has 1 fully saturated rings. The van der Waals surface area contributed by atoms with Crippen LogP contribution in [0.1, 0.15) is 37.3 Å². The van der Waals surface area contributed by atoms with Gasteiger partial charge in [-0.3, -0.25) is 4.79 Å². The second-order valence-electron chi connectivity index (χ2n) is 5.01. The van der Waals surface area contributed by atoms with Crippen molar-refractivity contribution < 1.29 is 14.1 Å². The fraction of sp³-hybridized carbons (Fsp3) is 0.714. The molecule has 112 valence electrons. The first-order chi connectivity index (χ1) is 9.69. The van der Waals surface area contributed by atoms with Crippen molar-refractivity contribution in [2.75, 3.05) is 13.7 Å². The van der Waals surface area contributed by atoms with E-state index in [9.17, 15) is 4.79 Å². The Kier molecular flexibility index (Phi) is 5.14. The molecule has 2 heterocycles. The highest BCUT2D eigenvalue weighted by atomic mass is 16.5. The Balaban J connectivity index is 1.92. The summed E-state index contributed by atoms with van der Waals surface area (Å²) in [6.07, 6.45) is 2.43. The van der Waals surface area contributed by atoms with Crippen LogP contribution in [0, 0.1) is 0 Å². The number of amides is 1. The zero-order valence-corrected chi connectivity index (χ0v) is 12.4. The van der Waals surface area contributed by atoms with Gasteiger partial charge in [0.25, 0.3) is 0 Å². The third-order valence-electron chi connectivity index (χ3n) is 3.79. The van der Waals surface area contributed by atoms with Crippen LogP contribution >= 0.6 is 0 Å². The predicted molar refractivity (Wildman–Crippen MR) is 74.3 cm³/mol. The van der Waals surface area contributed by atoms with Gasteiger partial charge in [0.15, 0.2) is 0 Å². The number of aromatic nitrogens is 1. The Bertz CT molecular complexity index is 437. The third kappa shape index (κ3) is 3.19. The van der Waals surface area contributed by atoms with Gasteiger partial charge in [0.05, 0.1) is 17.8 Å². The number of carbonyl (C=O) groups is 1. The molecule has 0 bridgehead atoms. The summed E-state index contributed by atoms with van der Waals surface area (Å²) in [5, 5.41) is 10.2. The van der Waals surface area contributed by atoms with E-state index in [2.05, 4.69) is 15.8 Å². The van der Waals surface area contributed by atoms with Crippen LogP contribution in [0.4, 0.5) is 0 Å². The molecule has 0 saturated carbocycles. The molecule has 2 N–H and O–H groups in total. The van der Waals surface area contributed by atoms with Gasteiger partial charge in [0.1, 0.15) is 5.76 Å². The van der Waals surface area contributed by atoms with Gasteiger partial charge < -0.3 is 19.9 Å². The molecule has 0 radical (unpaired) electrons. The quantitative estimate of drug-likeness (QED) is 0.806. The zero-order valence-electron chi connectivity index (χ0n) is 12.4. The van der Waals surface area contributed by atoms with Crippen LogP contribution in [-0.4, -0.2) is 36.9 Å². The molecule has 1 amide bonds. The number of nitrogens with one attached hydrogen (secondary N) is 2. The van der Waals surface area contributed by atoms with Gasteiger partial charge in [-0.15, -0.1) is 0 Å². The number of methoxy groups -OCH3 is 1. The number of hydrogen-bond donors (Lipinski definition) is 2. The minimum Gasteiger partial charge on any atom is -0.380 e. The molecule has 0 aromatic carbocycles. The monoisotopic (exact) mass is 281 g/mol. The van der Waals surface area contributed by atoms with Crippen molar-refractivity contribution in [3.05, 3.63) is 17.0 Å². The fourth-order valence-electron chi connectivity index (χ4n) is 2.52. The Morgan fingerprint density at radius 3 is 2.90 bits per heavy atom. The van der Waals surface area contributed by atoms with Crippen LogP contribution < -0.4 is 10.6 Å². The molecule has 6 nitrogen and oxygen atoms in total. The molecule has 0 unspecified atom stereocenters. The smallest absolute Gasteiger partial charge is 0.237 e. The highest BCUT2D eigenvalue weighted by Gasteiger charge is 2.29. The molecule has 2 atom stereocenters. The standard InChI is InChI=1S/C14H23N3O3/c1-4-11-10(13(5-2)20-17-11)8-16-14(18)12-6-9(19-3)7-15-12/h9,12,15H,4-8H2,1-3H3,(H,16,18)/t9-,12+/m0/s1. The summed E-state index contributed by atoms with van der Waals surface area (Å²) in [5.74, 6) is 0.867. The number of rotatable bonds is 6. The molecular weight excluding hydrogens is 258 g/mol. The summed E-state index contributed by atoms with van der Waals surface area (Å²) in [6.45, 7) is 5.25. The van der Waals surface area contributed by atoms with E-state index in [1.54, 1.807) is 7.11 Å². The van der Waals surface area contributed by atoms with Crippen molar-refractivity contribution in [3.63, 3.8) is 0 Å². The fourth-order valence-corrected chi connectivity index (χ4v) is 2.52. The second-order valence-corrected chi connectivity index (χ2v) is 5.01. The van der Waals surface area contributed by atoms with Crippen LogP contribution in [-0.2, 0) is 28.9 Å². The summed E-state index contributed by atoms with van der Waals surface area (Å²) in [5.41, 5.74) is 1.95. The number of carbonyl (C=O) groups excluding carboxylic acids is 1. The van der Waals surface area contributed by atoms with Crippen molar-refractivity contribution >= 4 is 5.91 Å². The molecule has 0 aliphatic carbocycles. The van der Waals surface area contributed by atoms with E-state index in [1.165, 1.54) is 0 Å². The zero-order chi connectivity index (χ0) is 14.5. The molecule has 2 rings (SSSR count). The lowest BCUT2D eigenvalue weighted by Crippen LogP contribution is -2.40. The summed E-state index contributed by atoms with van der Waals surface area (Å²) >= 11 is 0. The summed E-state index contributed by atoms with van der Waals surface area (Å²) < 4.78 is 10.5. The number of hydrogen-bond acceptors (Lipinski definition) is 5. The Morgan fingerprint density at radius 2 is 2.30 bits per heavy atom. The second kappa shape index (κ2) is 6.85. The lowest BCUT2D eigenvalue weighted by molar-refractivity contribution is -0.123. The van der Waals surface area contributed by atoms with Crippen LogP contribution in [0.3, 0.4) is 0 Å². The van der Waals surface area contributed by atoms with Gasteiger partial charge in [-0.25, -0.2) is 0 Å². The summed E-state index contributed by atoms with van der Waals surface area (Å²) in [4.78, 5) is 12.1. The number of nitrogens with zero attached hydrogens (tertiary/aromatic N) is 1.